The third-order valence-corrected chi connectivity index (χ3v) is 2.64. The van der Waals surface area contributed by atoms with Crippen LogP contribution in [0.15, 0.2) is 18.2 Å². The zero-order chi connectivity index (χ0) is 12.4. The van der Waals surface area contributed by atoms with Crippen molar-refractivity contribution in [2.24, 2.45) is 0 Å². The topological polar surface area (TPSA) is 55.8 Å². The molecule has 0 saturated carbocycles. The predicted octanol–water partition coefficient (Wildman–Crippen LogP) is 1.62. The molecule has 2 atom stereocenters. The number of hydrogen-bond donors (Lipinski definition) is 1. The van der Waals surface area contributed by atoms with E-state index in [-0.39, 0.29) is 18.5 Å². The SMILES string of the molecule is C[C@@H](OCC1Cc2cc(F)ccc2O1)C(=O)O. The molecule has 0 aliphatic carbocycles. The molecule has 0 fully saturated rings. The largest absolute Gasteiger partial charge is 0.487 e. The first-order valence-corrected chi connectivity index (χ1v) is 5.36. The van der Waals surface area contributed by atoms with Gasteiger partial charge in [0, 0.05) is 12.0 Å². The van der Waals surface area contributed by atoms with Crippen LogP contribution in [0.1, 0.15) is 12.5 Å². The van der Waals surface area contributed by atoms with Gasteiger partial charge >= 0.3 is 5.97 Å². The molecule has 0 aromatic heterocycles. The molecule has 5 heteroatoms. The molecule has 1 aromatic carbocycles. The van der Waals surface area contributed by atoms with Crippen molar-refractivity contribution in [3.63, 3.8) is 0 Å². The molecule has 0 amide bonds. The molecule has 1 N–H and O–H groups in total. The zero-order valence-electron chi connectivity index (χ0n) is 9.35. The van der Waals surface area contributed by atoms with Gasteiger partial charge in [0.2, 0.25) is 0 Å². The van der Waals surface area contributed by atoms with Gasteiger partial charge in [0.25, 0.3) is 0 Å². The van der Waals surface area contributed by atoms with Crippen LogP contribution in [0, 0.1) is 5.82 Å². The van der Waals surface area contributed by atoms with Crippen LogP contribution in [0.3, 0.4) is 0 Å². The van der Waals surface area contributed by atoms with Gasteiger partial charge in [-0.15, -0.1) is 0 Å². The van der Waals surface area contributed by atoms with E-state index < -0.39 is 12.1 Å². The van der Waals surface area contributed by atoms with Crippen molar-refractivity contribution in [3.05, 3.63) is 29.6 Å². The maximum Gasteiger partial charge on any atom is 0.332 e. The highest BCUT2D eigenvalue weighted by molar-refractivity contribution is 5.71. The molecule has 92 valence electrons. The van der Waals surface area contributed by atoms with E-state index in [1.807, 2.05) is 0 Å². The summed E-state index contributed by atoms with van der Waals surface area (Å²) in [6.07, 6.45) is -0.563. The number of rotatable bonds is 4. The van der Waals surface area contributed by atoms with E-state index in [2.05, 4.69) is 0 Å². The molecule has 4 nitrogen and oxygen atoms in total. The Hall–Kier alpha value is -1.62. The van der Waals surface area contributed by atoms with Crippen molar-refractivity contribution < 1.29 is 23.8 Å². The van der Waals surface area contributed by atoms with Crippen molar-refractivity contribution >= 4 is 5.97 Å². The molecule has 0 radical (unpaired) electrons. The summed E-state index contributed by atoms with van der Waals surface area (Å²) < 4.78 is 23.6. The number of fused-ring (bicyclic) bond motifs is 1. The summed E-state index contributed by atoms with van der Waals surface area (Å²) in [6.45, 7) is 1.65. The van der Waals surface area contributed by atoms with Crippen LogP contribution in [-0.2, 0) is 16.0 Å². The molecule has 1 heterocycles. The molecule has 0 bridgehead atoms. The van der Waals surface area contributed by atoms with E-state index >= 15 is 0 Å². The average molecular weight is 240 g/mol. The summed E-state index contributed by atoms with van der Waals surface area (Å²) in [6, 6.07) is 4.34. The van der Waals surface area contributed by atoms with E-state index in [0.717, 1.165) is 5.56 Å². The van der Waals surface area contributed by atoms with E-state index in [1.54, 1.807) is 6.07 Å². The van der Waals surface area contributed by atoms with Gasteiger partial charge in [0.05, 0.1) is 6.61 Å². The van der Waals surface area contributed by atoms with Crippen LogP contribution < -0.4 is 4.74 Å². The monoisotopic (exact) mass is 240 g/mol. The molecule has 1 aromatic rings. The lowest BCUT2D eigenvalue weighted by atomic mass is 10.1. The Morgan fingerprint density at radius 2 is 2.47 bits per heavy atom. The molecule has 0 spiro atoms. The summed E-state index contributed by atoms with van der Waals surface area (Å²) in [5.41, 5.74) is 0.793. The number of hydrogen-bond acceptors (Lipinski definition) is 3. The number of carboxylic acids is 1. The lowest BCUT2D eigenvalue weighted by molar-refractivity contribution is -0.150. The molecule has 1 unspecified atom stereocenters. The zero-order valence-corrected chi connectivity index (χ0v) is 9.35. The van der Waals surface area contributed by atoms with E-state index in [9.17, 15) is 9.18 Å². The number of benzene rings is 1. The van der Waals surface area contributed by atoms with Gasteiger partial charge in [-0.2, -0.15) is 0 Å². The molecule has 1 aliphatic heterocycles. The maximum atomic E-state index is 12.9. The van der Waals surface area contributed by atoms with Crippen LogP contribution in [0.5, 0.6) is 5.75 Å². The molecule has 0 saturated heterocycles. The quantitative estimate of drug-likeness (QED) is 0.868. The van der Waals surface area contributed by atoms with Gasteiger partial charge in [0.1, 0.15) is 17.7 Å². The van der Waals surface area contributed by atoms with Gasteiger partial charge in [0.15, 0.2) is 6.10 Å². The summed E-state index contributed by atoms with van der Waals surface area (Å²) in [5, 5.41) is 8.65. The lowest BCUT2D eigenvalue weighted by Crippen LogP contribution is -2.27. The molecular formula is C12H13FO4. The summed E-state index contributed by atoms with van der Waals surface area (Å²) in [7, 11) is 0. The van der Waals surface area contributed by atoms with E-state index in [0.29, 0.717) is 12.2 Å². The lowest BCUT2D eigenvalue weighted by Gasteiger charge is -2.13. The Morgan fingerprint density at radius 3 is 3.18 bits per heavy atom. The first kappa shape index (κ1) is 11.9. The second kappa shape index (κ2) is 4.71. The van der Waals surface area contributed by atoms with Gasteiger partial charge in [-0.1, -0.05) is 0 Å². The van der Waals surface area contributed by atoms with Gasteiger partial charge in [-0.25, -0.2) is 9.18 Å². The normalized spacial score (nSPS) is 19.5. The third kappa shape index (κ3) is 2.74. The molecular weight excluding hydrogens is 227 g/mol. The highest BCUT2D eigenvalue weighted by atomic mass is 19.1. The van der Waals surface area contributed by atoms with Crippen molar-refractivity contribution in [1.82, 2.24) is 0 Å². The standard InChI is InChI=1S/C12H13FO4/c1-7(12(14)15)16-6-10-5-8-4-9(13)2-3-11(8)17-10/h2-4,7,10H,5-6H2,1H3,(H,14,15)/t7-,10?/m1/s1. The van der Waals surface area contributed by atoms with Gasteiger partial charge in [-0.05, 0) is 25.1 Å². The minimum absolute atomic E-state index is 0.184. The highest BCUT2D eigenvalue weighted by Crippen LogP contribution is 2.29. The Bertz CT molecular complexity index is 433. The minimum atomic E-state index is -1.01. The van der Waals surface area contributed by atoms with E-state index in [4.69, 9.17) is 14.6 Å². The van der Waals surface area contributed by atoms with Crippen LogP contribution in [0.25, 0.3) is 0 Å². The number of carbonyl (C=O) groups is 1. The maximum absolute atomic E-state index is 12.9. The molecule has 17 heavy (non-hydrogen) atoms. The van der Waals surface area contributed by atoms with Crippen molar-refractivity contribution in [2.45, 2.75) is 25.6 Å². The Labute approximate surface area is 98.0 Å². The van der Waals surface area contributed by atoms with Crippen LogP contribution in [0.2, 0.25) is 0 Å². The van der Waals surface area contributed by atoms with Crippen molar-refractivity contribution in [3.8, 4) is 5.75 Å². The molecule has 1 aliphatic rings. The van der Waals surface area contributed by atoms with Gasteiger partial charge in [-0.3, -0.25) is 0 Å². The van der Waals surface area contributed by atoms with Crippen LogP contribution in [0.4, 0.5) is 4.39 Å². The fourth-order valence-electron chi connectivity index (χ4n) is 1.70. The van der Waals surface area contributed by atoms with Crippen molar-refractivity contribution in [1.29, 1.82) is 0 Å². The average Bonchev–Trinajstić information content (AvgIpc) is 2.67. The van der Waals surface area contributed by atoms with Crippen LogP contribution in [-0.4, -0.2) is 29.9 Å². The third-order valence-electron chi connectivity index (χ3n) is 2.64. The van der Waals surface area contributed by atoms with Crippen LogP contribution >= 0.6 is 0 Å². The Morgan fingerprint density at radius 1 is 1.71 bits per heavy atom. The summed E-state index contributed by atoms with van der Waals surface area (Å²) >= 11 is 0. The smallest absolute Gasteiger partial charge is 0.332 e. The highest BCUT2D eigenvalue weighted by Gasteiger charge is 2.24. The van der Waals surface area contributed by atoms with Gasteiger partial charge < -0.3 is 14.6 Å². The number of aliphatic carboxylic acids is 1. The predicted molar refractivity (Wildman–Crippen MR) is 57.6 cm³/mol. The van der Waals surface area contributed by atoms with E-state index in [1.165, 1.54) is 19.1 Å². The fourth-order valence-corrected chi connectivity index (χ4v) is 1.70. The van der Waals surface area contributed by atoms with Crippen molar-refractivity contribution in [2.75, 3.05) is 6.61 Å². The number of halogens is 1. The first-order chi connectivity index (χ1) is 8.06. The fraction of sp³-hybridized carbons (Fsp3) is 0.417. The second-order valence-corrected chi connectivity index (χ2v) is 4.01. The first-order valence-electron chi connectivity index (χ1n) is 5.36. The Balaban J connectivity index is 1.90. The number of carboxylic acid groups (broad SMARTS) is 1. The second-order valence-electron chi connectivity index (χ2n) is 4.01. The summed E-state index contributed by atoms with van der Waals surface area (Å²) in [5.74, 6) is -0.664. The Kier molecular flexibility index (Phi) is 3.28. The number of ether oxygens (including phenoxy) is 2. The minimum Gasteiger partial charge on any atom is -0.487 e. The summed E-state index contributed by atoms with van der Waals surface area (Å²) in [4.78, 5) is 10.6. The molecule has 2 rings (SSSR count).